The van der Waals surface area contributed by atoms with Gasteiger partial charge < -0.3 is 10.5 Å². The summed E-state index contributed by atoms with van der Waals surface area (Å²) in [5.74, 6) is -0.330. The predicted molar refractivity (Wildman–Crippen MR) is 104 cm³/mol. The van der Waals surface area contributed by atoms with E-state index in [9.17, 15) is 9.18 Å². The molecule has 0 saturated heterocycles. The molecule has 3 N–H and O–H groups in total. The molecule has 1 saturated carbocycles. The van der Waals surface area contributed by atoms with Crippen LogP contribution in [0.2, 0.25) is 0 Å². The monoisotopic (exact) mass is 379 g/mol. The topological polar surface area (TPSA) is 76.7 Å². The van der Waals surface area contributed by atoms with Gasteiger partial charge in [-0.1, -0.05) is 18.2 Å². The summed E-state index contributed by atoms with van der Waals surface area (Å²) >= 11 is 1.57. The number of alkyl carbamates (subject to hydrolysis) is 1. The van der Waals surface area contributed by atoms with Crippen molar-refractivity contribution in [2.45, 2.75) is 69.3 Å². The third kappa shape index (κ3) is 3.98. The van der Waals surface area contributed by atoms with Crippen LogP contribution in [0.3, 0.4) is 0 Å². The van der Waals surface area contributed by atoms with Crippen LogP contribution in [0.25, 0.3) is 0 Å². The highest BCUT2D eigenvalue weighted by atomic mass is 32.2. The molecule has 1 fully saturated rings. The number of halogens is 1. The van der Waals surface area contributed by atoms with Crippen LogP contribution in [0.15, 0.2) is 23.2 Å². The molecule has 5 nitrogen and oxygen atoms in total. The second-order valence-electron chi connectivity index (χ2n) is 8.37. The van der Waals surface area contributed by atoms with Crippen molar-refractivity contribution in [1.82, 2.24) is 5.32 Å². The van der Waals surface area contributed by atoms with Gasteiger partial charge in [-0.3, -0.25) is 10.3 Å². The highest BCUT2D eigenvalue weighted by molar-refractivity contribution is 8.15. The van der Waals surface area contributed by atoms with E-state index in [0.717, 1.165) is 19.3 Å². The Labute approximate surface area is 158 Å². The number of amidine groups is 1. The van der Waals surface area contributed by atoms with Crippen LogP contribution < -0.4 is 11.1 Å². The summed E-state index contributed by atoms with van der Waals surface area (Å²) in [5, 5.41) is 3.24. The Morgan fingerprint density at radius 3 is 2.65 bits per heavy atom. The van der Waals surface area contributed by atoms with Gasteiger partial charge in [0.15, 0.2) is 5.17 Å². The molecule has 1 amide bonds. The summed E-state index contributed by atoms with van der Waals surface area (Å²) in [6.07, 6.45) is 3.33. The molecule has 3 rings (SSSR count). The Kier molecular flexibility index (Phi) is 4.71. The summed E-state index contributed by atoms with van der Waals surface area (Å²) in [4.78, 5) is 16.9. The molecule has 1 aromatic carbocycles. The summed E-state index contributed by atoms with van der Waals surface area (Å²) in [6.45, 7) is 7.33. The maximum Gasteiger partial charge on any atom is 0.413 e. The molecule has 142 valence electrons. The van der Waals surface area contributed by atoms with Gasteiger partial charge in [0, 0.05) is 16.0 Å². The Bertz CT molecular complexity index is 756. The number of amides is 1. The van der Waals surface area contributed by atoms with Crippen molar-refractivity contribution in [3.05, 3.63) is 29.6 Å². The normalized spacial score (nSPS) is 24.6. The molecular weight excluding hydrogens is 353 g/mol. The summed E-state index contributed by atoms with van der Waals surface area (Å²) < 4.78 is 19.9. The molecule has 0 radical (unpaired) electrons. The molecule has 1 spiro atoms. The Hall–Kier alpha value is -1.76. The molecule has 0 bridgehead atoms. The van der Waals surface area contributed by atoms with Gasteiger partial charge in [-0.25, -0.2) is 9.18 Å². The van der Waals surface area contributed by atoms with E-state index in [1.807, 2.05) is 27.7 Å². The molecule has 0 unspecified atom stereocenters. The van der Waals surface area contributed by atoms with Crippen LogP contribution in [0.1, 0.15) is 58.9 Å². The first-order chi connectivity index (χ1) is 12.0. The first-order valence-electron chi connectivity index (χ1n) is 8.85. The van der Waals surface area contributed by atoms with Crippen molar-refractivity contribution >= 4 is 28.7 Å². The van der Waals surface area contributed by atoms with Gasteiger partial charge in [-0.2, -0.15) is 0 Å². The van der Waals surface area contributed by atoms with Crippen molar-refractivity contribution < 1.29 is 13.9 Å². The summed E-state index contributed by atoms with van der Waals surface area (Å²) in [5.41, 5.74) is 5.47. The molecule has 0 aromatic heterocycles. The number of rotatable bonds is 1. The first-order valence-corrected chi connectivity index (χ1v) is 9.66. The Morgan fingerprint density at radius 2 is 2.08 bits per heavy atom. The van der Waals surface area contributed by atoms with Gasteiger partial charge in [-0.05, 0) is 65.2 Å². The number of thioether (sulfide) groups is 1. The molecule has 2 aliphatic rings. The molecular formula is C19H26FN3O2S. The average Bonchev–Trinajstić information content (AvgIpc) is 2.45. The minimum atomic E-state index is -0.782. The number of carbonyl (C=O) groups is 1. The standard InChI is InChI=1S/C19H26FN3O2S/c1-17(2,3)25-16(24)22-15-23-18(4,11-19(26-15)8-5-9-19)13-10-12(21)6-7-14(13)20/h6-7,10H,5,8-9,11,21H2,1-4H3,(H,22,23,24)/t18-/m0/s1. The molecule has 1 atom stereocenters. The van der Waals surface area contributed by atoms with Crippen LogP contribution in [0, 0.1) is 5.82 Å². The second kappa shape index (κ2) is 6.44. The zero-order valence-corrected chi connectivity index (χ0v) is 16.5. The third-order valence-corrected chi connectivity index (χ3v) is 6.14. The van der Waals surface area contributed by atoms with Crippen molar-refractivity contribution in [1.29, 1.82) is 0 Å². The number of anilines is 1. The fraction of sp³-hybridized carbons (Fsp3) is 0.579. The fourth-order valence-corrected chi connectivity index (χ4v) is 5.20. The van der Waals surface area contributed by atoms with Crippen LogP contribution in [-0.2, 0) is 10.3 Å². The molecule has 1 heterocycles. The van der Waals surface area contributed by atoms with Crippen LogP contribution in [0.5, 0.6) is 0 Å². The first kappa shape index (κ1) is 19.0. The maximum absolute atomic E-state index is 14.5. The Balaban J connectivity index is 1.93. The maximum atomic E-state index is 14.5. The van der Waals surface area contributed by atoms with Gasteiger partial charge >= 0.3 is 6.09 Å². The quantitative estimate of drug-likeness (QED) is 0.701. The van der Waals surface area contributed by atoms with E-state index in [1.54, 1.807) is 23.9 Å². The van der Waals surface area contributed by atoms with Crippen LogP contribution in [0.4, 0.5) is 14.9 Å². The average molecular weight is 380 g/mol. The van der Waals surface area contributed by atoms with Crippen molar-refractivity contribution in [2.75, 3.05) is 5.73 Å². The second-order valence-corrected chi connectivity index (χ2v) is 9.83. The lowest BCUT2D eigenvalue weighted by Crippen LogP contribution is -2.48. The van der Waals surface area contributed by atoms with Crippen molar-refractivity contribution in [3.8, 4) is 0 Å². The van der Waals surface area contributed by atoms with Crippen molar-refractivity contribution in [3.63, 3.8) is 0 Å². The lowest BCUT2D eigenvalue weighted by Gasteiger charge is -2.49. The van der Waals surface area contributed by atoms with Gasteiger partial charge in [0.2, 0.25) is 0 Å². The number of aliphatic imine (C=N–C) groups is 1. The third-order valence-electron chi connectivity index (χ3n) is 4.77. The minimum absolute atomic E-state index is 0.0299. The number of hydrogen-bond donors (Lipinski definition) is 2. The van der Waals surface area contributed by atoms with Crippen LogP contribution in [-0.4, -0.2) is 21.6 Å². The number of benzene rings is 1. The number of nitrogens with two attached hydrogens (primary N) is 1. The fourth-order valence-electron chi connectivity index (χ4n) is 3.56. The SMILES string of the molecule is CC(C)(C)OC(=O)NC1=N[C@](C)(c2cc(N)ccc2F)CC2(CCC2)S1. The molecule has 7 heteroatoms. The minimum Gasteiger partial charge on any atom is -0.444 e. The number of ether oxygens (including phenoxy) is 1. The van der Waals surface area contributed by atoms with E-state index in [0.29, 0.717) is 22.8 Å². The van der Waals surface area contributed by atoms with Crippen molar-refractivity contribution in [2.24, 2.45) is 4.99 Å². The highest BCUT2D eigenvalue weighted by Gasteiger charge is 2.49. The van der Waals surface area contributed by atoms with Gasteiger partial charge in [0.1, 0.15) is 11.4 Å². The molecule has 1 aromatic rings. The van der Waals surface area contributed by atoms with E-state index < -0.39 is 17.2 Å². The smallest absolute Gasteiger partial charge is 0.413 e. The predicted octanol–water partition coefficient (Wildman–Crippen LogP) is 4.56. The lowest BCUT2D eigenvalue weighted by molar-refractivity contribution is 0.0564. The number of carbonyl (C=O) groups excluding carboxylic acids is 1. The zero-order chi connectivity index (χ0) is 19.2. The number of nitrogens with zero attached hydrogens (tertiary/aromatic N) is 1. The highest BCUT2D eigenvalue weighted by Crippen LogP contribution is 2.55. The summed E-state index contributed by atoms with van der Waals surface area (Å²) in [7, 11) is 0. The Morgan fingerprint density at radius 1 is 1.38 bits per heavy atom. The van der Waals surface area contributed by atoms with E-state index in [1.165, 1.54) is 6.07 Å². The number of nitrogens with one attached hydrogen (secondary N) is 1. The number of hydrogen-bond acceptors (Lipinski definition) is 5. The lowest BCUT2D eigenvalue weighted by atomic mass is 9.73. The molecule has 1 aliphatic heterocycles. The van der Waals surface area contributed by atoms with E-state index in [4.69, 9.17) is 15.5 Å². The number of nitrogen functional groups attached to an aromatic ring is 1. The van der Waals surface area contributed by atoms with Gasteiger partial charge in [0.05, 0.1) is 5.54 Å². The van der Waals surface area contributed by atoms with Gasteiger partial charge in [-0.15, -0.1) is 0 Å². The van der Waals surface area contributed by atoms with E-state index in [2.05, 4.69) is 5.32 Å². The molecule has 26 heavy (non-hydrogen) atoms. The molecule has 1 aliphatic carbocycles. The zero-order valence-electron chi connectivity index (χ0n) is 15.7. The van der Waals surface area contributed by atoms with E-state index >= 15 is 0 Å². The van der Waals surface area contributed by atoms with E-state index in [-0.39, 0.29) is 10.6 Å². The largest absolute Gasteiger partial charge is 0.444 e. The van der Waals surface area contributed by atoms with Gasteiger partial charge in [0.25, 0.3) is 0 Å². The van der Waals surface area contributed by atoms with Crippen LogP contribution >= 0.6 is 11.8 Å². The summed E-state index contributed by atoms with van der Waals surface area (Å²) in [6, 6.07) is 4.57.